The van der Waals surface area contributed by atoms with Crippen molar-refractivity contribution in [3.63, 3.8) is 0 Å². The molecule has 2 amide bonds. The van der Waals surface area contributed by atoms with E-state index in [0.29, 0.717) is 22.9 Å². The summed E-state index contributed by atoms with van der Waals surface area (Å²) in [4.78, 5) is 27.1. The standard InChI is InChI=1S/C22H25BrN2O3/c1-15-9-11-25(12-10-15)22(27)17-5-3-4-6-19(17)24-21(26)14-28-20-8-7-16(2)13-18(20)23/h3-8,13,15H,9-12,14H2,1-2H3,(H,24,26). The van der Waals surface area contributed by atoms with E-state index in [2.05, 4.69) is 28.2 Å². The van der Waals surface area contributed by atoms with E-state index in [1.165, 1.54) is 0 Å². The first kappa shape index (κ1) is 20.4. The van der Waals surface area contributed by atoms with E-state index in [1.54, 1.807) is 12.1 Å². The molecule has 6 heteroatoms. The summed E-state index contributed by atoms with van der Waals surface area (Å²) >= 11 is 3.44. The molecule has 2 aromatic rings. The maximum absolute atomic E-state index is 12.9. The number of rotatable bonds is 5. The van der Waals surface area contributed by atoms with E-state index in [-0.39, 0.29) is 18.4 Å². The third kappa shape index (κ3) is 5.13. The molecule has 3 rings (SSSR count). The molecular weight excluding hydrogens is 420 g/mol. The van der Waals surface area contributed by atoms with Gasteiger partial charge in [0.25, 0.3) is 11.8 Å². The summed E-state index contributed by atoms with van der Waals surface area (Å²) in [6.45, 7) is 5.58. The van der Waals surface area contributed by atoms with Crippen molar-refractivity contribution in [2.75, 3.05) is 25.0 Å². The number of likely N-dealkylation sites (tertiary alicyclic amines) is 1. The Balaban J connectivity index is 1.64. The number of ether oxygens (including phenoxy) is 1. The molecule has 1 aliphatic heterocycles. The van der Waals surface area contributed by atoms with Crippen LogP contribution in [0.25, 0.3) is 0 Å². The van der Waals surface area contributed by atoms with Gasteiger partial charge in [0.05, 0.1) is 15.7 Å². The van der Waals surface area contributed by atoms with Crippen molar-refractivity contribution in [3.8, 4) is 5.75 Å². The van der Waals surface area contributed by atoms with Crippen LogP contribution in [0.15, 0.2) is 46.9 Å². The lowest BCUT2D eigenvalue weighted by atomic mass is 9.98. The van der Waals surface area contributed by atoms with Crippen LogP contribution in [-0.4, -0.2) is 36.4 Å². The zero-order valence-corrected chi connectivity index (χ0v) is 17.8. The highest BCUT2D eigenvalue weighted by atomic mass is 79.9. The number of para-hydroxylation sites is 1. The Morgan fingerprint density at radius 2 is 1.89 bits per heavy atom. The number of halogens is 1. The molecule has 2 aromatic carbocycles. The summed E-state index contributed by atoms with van der Waals surface area (Å²) in [6, 6.07) is 12.8. The topological polar surface area (TPSA) is 58.6 Å². The van der Waals surface area contributed by atoms with Crippen LogP contribution in [0.1, 0.15) is 35.7 Å². The Bertz CT molecular complexity index is 861. The highest BCUT2D eigenvalue weighted by Gasteiger charge is 2.23. The molecule has 0 spiro atoms. The molecule has 148 valence electrons. The van der Waals surface area contributed by atoms with Gasteiger partial charge in [0.2, 0.25) is 0 Å². The third-order valence-corrected chi connectivity index (χ3v) is 5.57. The van der Waals surface area contributed by atoms with E-state index in [1.807, 2.05) is 42.2 Å². The molecule has 0 aromatic heterocycles. The Morgan fingerprint density at radius 3 is 2.61 bits per heavy atom. The zero-order valence-electron chi connectivity index (χ0n) is 16.2. The monoisotopic (exact) mass is 444 g/mol. The Morgan fingerprint density at radius 1 is 1.18 bits per heavy atom. The Hall–Kier alpha value is -2.34. The molecular formula is C22H25BrN2O3. The van der Waals surface area contributed by atoms with Crippen molar-refractivity contribution in [2.45, 2.75) is 26.7 Å². The van der Waals surface area contributed by atoms with Gasteiger partial charge in [-0.25, -0.2) is 0 Å². The summed E-state index contributed by atoms with van der Waals surface area (Å²) in [6.07, 6.45) is 2.03. The average Bonchev–Trinajstić information content (AvgIpc) is 2.68. The number of anilines is 1. The second-order valence-electron chi connectivity index (χ2n) is 7.29. The first-order valence-corrected chi connectivity index (χ1v) is 10.3. The van der Waals surface area contributed by atoms with Gasteiger partial charge in [0.1, 0.15) is 5.75 Å². The van der Waals surface area contributed by atoms with E-state index in [9.17, 15) is 9.59 Å². The van der Waals surface area contributed by atoms with Gasteiger partial charge in [-0.2, -0.15) is 0 Å². The normalized spacial score (nSPS) is 14.6. The van der Waals surface area contributed by atoms with Crippen molar-refractivity contribution in [1.29, 1.82) is 0 Å². The molecule has 0 aliphatic carbocycles. The highest BCUT2D eigenvalue weighted by Crippen LogP contribution is 2.26. The van der Waals surface area contributed by atoms with E-state index in [4.69, 9.17) is 4.74 Å². The molecule has 0 bridgehead atoms. The Labute approximate surface area is 174 Å². The highest BCUT2D eigenvalue weighted by molar-refractivity contribution is 9.10. The minimum Gasteiger partial charge on any atom is -0.483 e. The number of hydrogen-bond donors (Lipinski definition) is 1. The van der Waals surface area contributed by atoms with Crippen LogP contribution in [0.4, 0.5) is 5.69 Å². The Kier molecular flexibility index (Phi) is 6.73. The molecule has 1 N–H and O–H groups in total. The largest absolute Gasteiger partial charge is 0.483 e. The van der Waals surface area contributed by atoms with Crippen molar-refractivity contribution in [2.24, 2.45) is 5.92 Å². The minimum atomic E-state index is -0.306. The fraction of sp³-hybridized carbons (Fsp3) is 0.364. The zero-order chi connectivity index (χ0) is 20.1. The number of nitrogens with zero attached hydrogens (tertiary/aromatic N) is 1. The van der Waals surface area contributed by atoms with Crippen LogP contribution in [0.5, 0.6) is 5.75 Å². The van der Waals surface area contributed by atoms with E-state index < -0.39 is 0 Å². The average molecular weight is 445 g/mol. The van der Waals surface area contributed by atoms with Crippen LogP contribution in [-0.2, 0) is 4.79 Å². The van der Waals surface area contributed by atoms with Gasteiger partial charge in [-0.3, -0.25) is 9.59 Å². The molecule has 1 heterocycles. The fourth-order valence-electron chi connectivity index (χ4n) is 3.21. The van der Waals surface area contributed by atoms with Crippen molar-refractivity contribution < 1.29 is 14.3 Å². The lowest BCUT2D eigenvalue weighted by Gasteiger charge is -2.30. The third-order valence-electron chi connectivity index (χ3n) is 4.95. The lowest BCUT2D eigenvalue weighted by molar-refractivity contribution is -0.118. The summed E-state index contributed by atoms with van der Waals surface area (Å²) in [5.74, 6) is 0.912. The smallest absolute Gasteiger partial charge is 0.262 e. The van der Waals surface area contributed by atoms with Crippen molar-refractivity contribution in [3.05, 3.63) is 58.1 Å². The van der Waals surface area contributed by atoms with Gasteiger partial charge in [0, 0.05) is 13.1 Å². The summed E-state index contributed by atoms with van der Waals surface area (Å²) < 4.78 is 6.40. The van der Waals surface area contributed by atoms with Crippen LogP contribution in [0, 0.1) is 12.8 Å². The number of piperidine rings is 1. The molecule has 1 saturated heterocycles. The first-order valence-electron chi connectivity index (χ1n) is 9.51. The van der Waals surface area contributed by atoms with Crippen molar-refractivity contribution in [1.82, 2.24) is 4.90 Å². The number of carbonyl (C=O) groups is 2. The summed E-state index contributed by atoms with van der Waals surface area (Å²) in [5.41, 5.74) is 2.13. The maximum Gasteiger partial charge on any atom is 0.262 e. The van der Waals surface area contributed by atoms with Crippen LogP contribution in [0.2, 0.25) is 0 Å². The van der Waals surface area contributed by atoms with Gasteiger partial charge >= 0.3 is 0 Å². The first-order chi connectivity index (χ1) is 13.4. The SMILES string of the molecule is Cc1ccc(OCC(=O)Nc2ccccc2C(=O)N2CCC(C)CC2)c(Br)c1. The number of nitrogens with one attached hydrogen (secondary N) is 1. The maximum atomic E-state index is 12.9. The molecule has 1 aliphatic rings. The lowest BCUT2D eigenvalue weighted by Crippen LogP contribution is -2.38. The number of hydrogen-bond acceptors (Lipinski definition) is 3. The molecule has 1 fully saturated rings. The molecule has 5 nitrogen and oxygen atoms in total. The number of amides is 2. The predicted molar refractivity (Wildman–Crippen MR) is 114 cm³/mol. The van der Waals surface area contributed by atoms with E-state index >= 15 is 0 Å². The van der Waals surface area contributed by atoms with Crippen molar-refractivity contribution >= 4 is 33.4 Å². The minimum absolute atomic E-state index is 0.0370. The van der Waals surface area contributed by atoms with Crippen LogP contribution < -0.4 is 10.1 Å². The molecule has 0 unspecified atom stereocenters. The number of carbonyl (C=O) groups excluding carboxylic acids is 2. The predicted octanol–water partition coefficient (Wildman–Crippen LogP) is 4.65. The van der Waals surface area contributed by atoms with Gasteiger partial charge < -0.3 is 15.0 Å². The summed E-state index contributed by atoms with van der Waals surface area (Å²) in [5, 5.41) is 2.81. The molecule has 28 heavy (non-hydrogen) atoms. The van der Waals surface area contributed by atoms with Crippen LogP contribution in [0.3, 0.4) is 0 Å². The second-order valence-corrected chi connectivity index (χ2v) is 8.15. The second kappa shape index (κ2) is 9.24. The number of benzene rings is 2. The molecule has 0 radical (unpaired) electrons. The fourth-order valence-corrected chi connectivity index (χ4v) is 3.82. The quantitative estimate of drug-likeness (QED) is 0.729. The molecule has 0 atom stereocenters. The van der Waals surface area contributed by atoms with Gasteiger partial charge in [-0.05, 0) is 71.4 Å². The van der Waals surface area contributed by atoms with Crippen LogP contribution >= 0.6 is 15.9 Å². The molecule has 0 saturated carbocycles. The van der Waals surface area contributed by atoms with Gasteiger partial charge in [0.15, 0.2) is 6.61 Å². The summed E-state index contributed by atoms with van der Waals surface area (Å²) in [7, 11) is 0. The van der Waals surface area contributed by atoms with E-state index in [0.717, 1.165) is 36.0 Å². The van der Waals surface area contributed by atoms with Gasteiger partial charge in [-0.15, -0.1) is 0 Å². The number of aryl methyl sites for hydroxylation is 1. The van der Waals surface area contributed by atoms with Gasteiger partial charge in [-0.1, -0.05) is 25.1 Å².